The molecule has 0 radical (unpaired) electrons. The molecule has 2 aromatic rings. The third-order valence-electron chi connectivity index (χ3n) is 4.09. The Hall–Kier alpha value is -3.29. The summed E-state index contributed by atoms with van der Waals surface area (Å²) in [5.41, 5.74) is 5.94. The molecular weight excluding hydrogens is 342 g/mol. The highest BCUT2D eigenvalue weighted by Crippen LogP contribution is 2.25. The zero-order valence-corrected chi connectivity index (χ0v) is 13.6. The maximum atomic E-state index is 14.2. The lowest BCUT2D eigenvalue weighted by Crippen LogP contribution is -2.37. The molecule has 1 aliphatic heterocycles. The second-order valence-corrected chi connectivity index (χ2v) is 5.95. The number of nitrogen functional groups attached to an aromatic ring is 1. The van der Waals surface area contributed by atoms with Crippen molar-refractivity contribution in [3.8, 4) is 0 Å². The Bertz CT molecular complexity index is 914. The van der Waals surface area contributed by atoms with E-state index in [1.807, 2.05) is 0 Å². The van der Waals surface area contributed by atoms with Crippen molar-refractivity contribution in [2.75, 3.05) is 11.1 Å². The minimum atomic E-state index is -0.768. The maximum absolute atomic E-state index is 14.2. The van der Waals surface area contributed by atoms with Gasteiger partial charge in [-0.3, -0.25) is 15.0 Å². The number of nitrogens with one attached hydrogen (secondary N) is 3. The average molecular weight is 358 g/mol. The van der Waals surface area contributed by atoms with Gasteiger partial charge in [-0.15, -0.1) is 0 Å². The molecule has 0 aliphatic carbocycles. The number of halogens is 2. The Morgan fingerprint density at radius 2 is 2.04 bits per heavy atom. The summed E-state index contributed by atoms with van der Waals surface area (Å²) in [5.74, 6) is -2.08. The monoisotopic (exact) mass is 358 g/mol. The lowest BCUT2D eigenvalue weighted by Gasteiger charge is -2.15. The first kappa shape index (κ1) is 17.5. The van der Waals surface area contributed by atoms with Crippen LogP contribution in [0.3, 0.4) is 0 Å². The maximum Gasteiger partial charge on any atom is 0.247 e. The van der Waals surface area contributed by atoms with E-state index in [4.69, 9.17) is 11.1 Å². The van der Waals surface area contributed by atoms with Crippen LogP contribution in [0.2, 0.25) is 0 Å². The topological polar surface area (TPSA) is 108 Å². The fraction of sp³-hybridized carbons (Fsp3) is 0.167. The molecule has 1 saturated heterocycles. The summed E-state index contributed by atoms with van der Waals surface area (Å²) in [7, 11) is 0. The Morgan fingerprint density at radius 1 is 1.27 bits per heavy atom. The van der Waals surface area contributed by atoms with Gasteiger partial charge in [0.25, 0.3) is 0 Å². The molecule has 0 aromatic heterocycles. The molecule has 1 aliphatic rings. The van der Waals surface area contributed by atoms with E-state index < -0.39 is 23.6 Å². The van der Waals surface area contributed by atoms with Gasteiger partial charge in [0.2, 0.25) is 11.8 Å². The number of amides is 2. The zero-order valence-electron chi connectivity index (χ0n) is 13.6. The Balaban J connectivity index is 1.88. The van der Waals surface area contributed by atoms with E-state index in [-0.39, 0.29) is 40.5 Å². The SMILES string of the molecule is N=C(c1cccc(F)c1)c1cc(NC(=O)[C@H]2CCC(=O)N2)c(F)cc1N. The predicted octanol–water partition coefficient (Wildman–Crippen LogP) is 2.18. The molecule has 2 aromatic carbocycles. The number of anilines is 2. The van der Waals surface area contributed by atoms with Gasteiger partial charge in [0.05, 0.1) is 11.4 Å². The van der Waals surface area contributed by atoms with Crippen LogP contribution in [0.25, 0.3) is 0 Å². The normalized spacial score (nSPS) is 16.2. The zero-order chi connectivity index (χ0) is 18.8. The number of rotatable bonds is 4. The van der Waals surface area contributed by atoms with Gasteiger partial charge >= 0.3 is 0 Å². The van der Waals surface area contributed by atoms with Crippen LogP contribution in [0.15, 0.2) is 36.4 Å². The van der Waals surface area contributed by atoms with E-state index in [9.17, 15) is 18.4 Å². The quantitative estimate of drug-likeness (QED) is 0.497. The minimum absolute atomic E-state index is 0.0103. The van der Waals surface area contributed by atoms with Crippen molar-refractivity contribution in [1.82, 2.24) is 5.32 Å². The third-order valence-corrected chi connectivity index (χ3v) is 4.09. The van der Waals surface area contributed by atoms with Gasteiger partial charge in [-0.25, -0.2) is 8.78 Å². The number of carbonyl (C=O) groups excluding carboxylic acids is 2. The van der Waals surface area contributed by atoms with Gasteiger partial charge in [0.15, 0.2) is 0 Å². The number of nitrogens with two attached hydrogens (primary N) is 1. The molecule has 0 spiro atoms. The summed E-state index contributed by atoms with van der Waals surface area (Å²) in [6, 6.07) is 6.87. The summed E-state index contributed by atoms with van der Waals surface area (Å²) < 4.78 is 27.6. The molecule has 1 atom stereocenters. The van der Waals surface area contributed by atoms with E-state index in [1.165, 1.54) is 24.3 Å². The average Bonchev–Trinajstić information content (AvgIpc) is 3.03. The molecule has 1 fully saturated rings. The van der Waals surface area contributed by atoms with Crippen molar-refractivity contribution in [3.63, 3.8) is 0 Å². The molecule has 3 rings (SSSR count). The number of carbonyl (C=O) groups is 2. The van der Waals surface area contributed by atoms with E-state index in [1.54, 1.807) is 0 Å². The Labute approximate surface area is 147 Å². The van der Waals surface area contributed by atoms with Crippen molar-refractivity contribution in [1.29, 1.82) is 5.41 Å². The fourth-order valence-electron chi connectivity index (χ4n) is 2.73. The van der Waals surface area contributed by atoms with Gasteiger partial charge in [0.1, 0.15) is 17.7 Å². The van der Waals surface area contributed by atoms with Crippen LogP contribution in [-0.2, 0) is 9.59 Å². The van der Waals surface area contributed by atoms with Crippen molar-refractivity contribution in [2.24, 2.45) is 0 Å². The Morgan fingerprint density at radius 3 is 2.69 bits per heavy atom. The number of benzene rings is 2. The van der Waals surface area contributed by atoms with Crippen LogP contribution in [0, 0.1) is 17.0 Å². The van der Waals surface area contributed by atoms with Crippen molar-refractivity contribution < 1.29 is 18.4 Å². The molecular formula is C18H16F2N4O2. The second-order valence-electron chi connectivity index (χ2n) is 5.95. The van der Waals surface area contributed by atoms with Gasteiger partial charge in [0, 0.05) is 23.2 Å². The van der Waals surface area contributed by atoms with Crippen molar-refractivity contribution >= 4 is 28.9 Å². The highest BCUT2D eigenvalue weighted by molar-refractivity contribution is 6.14. The molecule has 0 unspecified atom stereocenters. The van der Waals surface area contributed by atoms with Crippen LogP contribution < -0.4 is 16.4 Å². The molecule has 134 valence electrons. The summed E-state index contributed by atoms with van der Waals surface area (Å²) in [4.78, 5) is 23.4. The van der Waals surface area contributed by atoms with E-state index in [0.717, 1.165) is 12.1 Å². The minimum Gasteiger partial charge on any atom is -0.398 e. The van der Waals surface area contributed by atoms with Gasteiger partial charge in [-0.1, -0.05) is 12.1 Å². The smallest absolute Gasteiger partial charge is 0.247 e. The van der Waals surface area contributed by atoms with E-state index in [0.29, 0.717) is 6.42 Å². The van der Waals surface area contributed by atoms with Gasteiger partial charge < -0.3 is 16.4 Å². The van der Waals surface area contributed by atoms with Crippen LogP contribution in [0.1, 0.15) is 24.0 Å². The second kappa shape index (κ2) is 6.91. The molecule has 26 heavy (non-hydrogen) atoms. The van der Waals surface area contributed by atoms with E-state index in [2.05, 4.69) is 10.6 Å². The van der Waals surface area contributed by atoms with Crippen LogP contribution in [0.5, 0.6) is 0 Å². The third kappa shape index (κ3) is 3.53. The first-order valence-corrected chi connectivity index (χ1v) is 7.89. The predicted molar refractivity (Wildman–Crippen MR) is 92.9 cm³/mol. The molecule has 0 saturated carbocycles. The summed E-state index contributed by atoms with van der Waals surface area (Å²) >= 11 is 0. The standard InChI is InChI=1S/C18H16F2N4O2/c19-10-3-1-2-9(6-10)17(22)11-7-15(12(20)8-13(11)21)24-18(26)14-4-5-16(25)23-14/h1-3,6-8,14,22H,4-5,21H2,(H,23,25)(H,24,26)/t14-/m1/s1. The lowest BCUT2D eigenvalue weighted by atomic mass is 10.00. The largest absolute Gasteiger partial charge is 0.398 e. The van der Waals surface area contributed by atoms with Crippen molar-refractivity contribution in [3.05, 3.63) is 59.2 Å². The molecule has 0 bridgehead atoms. The Kier molecular flexibility index (Phi) is 4.66. The fourth-order valence-corrected chi connectivity index (χ4v) is 2.73. The highest BCUT2D eigenvalue weighted by Gasteiger charge is 2.28. The first-order chi connectivity index (χ1) is 12.3. The van der Waals surface area contributed by atoms with Crippen LogP contribution in [0.4, 0.5) is 20.2 Å². The van der Waals surface area contributed by atoms with Gasteiger partial charge in [-0.2, -0.15) is 0 Å². The first-order valence-electron chi connectivity index (χ1n) is 7.89. The molecule has 8 heteroatoms. The molecule has 6 nitrogen and oxygen atoms in total. The van der Waals surface area contributed by atoms with Crippen molar-refractivity contribution in [2.45, 2.75) is 18.9 Å². The molecule has 5 N–H and O–H groups in total. The summed E-state index contributed by atoms with van der Waals surface area (Å²) in [6.45, 7) is 0. The van der Waals surface area contributed by atoms with E-state index >= 15 is 0 Å². The summed E-state index contributed by atoms with van der Waals surface area (Å²) in [6.07, 6.45) is 0.561. The highest BCUT2D eigenvalue weighted by atomic mass is 19.1. The molecule has 1 heterocycles. The lowest BCUT2D eigenvalue weighted by molar-refractivity contribution is -0.122. The van der Waals surface area contributed by atoms with Gasteiger partial charge in [-0.05, 0) is 30.7 Å². The van der Waals surface area contributed by atoms with Crippen LogP contribution in [-0.4, -0.2) is 23.6 Å². The van der Waals surface area contributed by atoms with Crippen LogP contribution >= 0.6 is 0 Å². The molecule has 2 amide bonds. The summed E-state index contributed by atoms with van der Waals surface area (Å²) in [5, 5.41) is 13.1. The number of hydrogen-bond acceptors (Lipinski definition) is 4. The number of hydrogen-bond donors (Lipinski definition) is 4.